The van der Waals surface area contributed by atoms with E-state index in [9.17, 15) is 4.79 Å². The first-order valence-corrected chi connectivity index (χ1v) is 8.38. The highest BCUT2D eigenvalue weighted by molar-refractivity contribution is 6.04. The van der Waals surface area contributed by atoms with Gasteiger partial charge in [-0.05, 0) is 43.4 Å². The molecule has 0 radical (unpaired) electrons. The van der Waals surface area contributed by atoms with Crippen LogP contribution >= 0.6 is 24.8 Å². The zero-order chi connectivity index (χ0) is 18.7. The van der Waals surface area contributed by atoms with Crippen LogP contribution < -0.4 is 11.5 Å². The van der Waals surface area contributed by atoms with Crippen LogP contribution in [0.3, 0.4) is 0 Å². The molecule has 1 amide bonds. The summed E-state index contributed by atoms with van der Waals surface area (Å²) in [6.07, 6.45) is 2.15. The Bertz CT molecular complexity index is 963. The third kappa shape index (κ3) is 5.48. The Labute approximate surface area is 177 Å². The van der Waals surface area contributed by atoms with Gasteiger partial charge in [0.05, 0.1) is 0 Å². The summed E-state index contributed by atoms with van der Waals surface area (Å²) in [7, 11) is 4.05. The van der Waals surface area contributed by atoms with Gasteiger partial charge in [0.1, 0.15) is 0 Å². The molecule has 1 aromatic heterocycles. The normalized spacial score (nSPS) is 10.2. The van der Waals surface area contributed by atoms with Crippen LogP contribution in [0.25, 0.3) is 10.9 Å². The number of guanidine groups is 1. The first kappa shape index (κ1) is 23.5. The highest BCUT2D eigenvalue weighted by atomic mass is 35.5. The van der Waals surface area contributed by atoms with Crippen molar-refractivity contribution in [2.24, 2.45) is 16.5 Å². The molecule has 0 aliphatic rings. The van der Waals surface area contributed by atoms with Crippen molar-refractivity contribution in [1.82, 2.24) is 9.47 Å². The summed E-state index contributed by atoms with van der Waals surface area (Å²) in [4.78, 5) is 17.9. The molecule has 2 aromatic carbocycles. The zero-order valence-electron chi connectivity index (χ0n) is 15.8. The van der Waals surface area contributed by atoms with Crippen molar-refractivity contribution in [2.75, 3.05) is 14.1 Å². The molecule has 0 unspecified atom stereocenters. The van der Waals surface area contributed by atoms with Crippen LogP contribution in [0.4, 0.5) is 0 Å². The fourth-order valence-corrected chi connectivity index (χ4v) is 3.06. The first-order valence-electron chi connectivity index (χ1n) is 8.38. The number of halogens is 2. The second-order valence-electron chi connectivity index (χ2n) is 6.58. The smallest absolute Gasteiger partial charge is 0.280 e. The average Bonchev–Trinajstić information content (AvgIpc) is 2.91. The van der Waals surface area contributed by atoms with Crippen LogP contribution in [0.5, 0.6) is 0 Å². The van der Waals surface area contributed by atoms with Crippen molar-refractivity contribution >= 4 is 47.6 Å². The van der Waals surface area contributed by atoms with Crippen LogP contribution in [-0.4, -0.2) is 35.4 Å². The Morgan fingerprint density at radius 2 is 1.75 bits per heavy atom. The van der Waals surface area contributed by atoms with E-state index in [2.05, 4.69) is 32.8 Å². The average molecular weight is 422 g/mol. The lowest BCUT2D eigenvalue weighted by Gasteiger charge is -2.08. The topological polar surface area (TPSA) is 89.6 Å². The highest BCUT2D eigenvalue weighted by Gasteiger charge is 2.13. The van der Waals surface area contributed by atoms with Gasteiger partial charge in [-0.1, -0.05) is 30.3 Å². The van der Waals surface area contributed by atoms with E-state index < -0.39 is 5.91 Å². The number of aromatic nitrogens is 1. The van der Waals surface area contributed by atoms with E-state index in [0.29, 0.717) is 5.56 Å². The van der Waals surface area contributed by atoms with Crippen LogP contribution in [0.15, 0.2) is 59.7 Å². The monoisotopic (exact) mass is 421 g/mol. The summed E-state index contributed by atoms with van der Waals surface area (Å²) < 4.78 is 2.21. The Morgan fingerprint density at radius 1 is 1.07 bits per heavy atom. The molecule has 6 nitrogen and oxygen atoms in total. The second-order valence-corrected chi connectivity index (χ2v) is 6.58. The number of nitrogens with zero attached hydrogens (tertiary/aromatic N) is 3. The summed E-state index contributed by atoms with van der Waals surface area (Å²) in [5.74, 6) is -0.663. The second kappa shape index (κ2) is 10.1. The largest absolute Gasteiger partial charge is 0.370 e. The quantitative estimate of drug-likeness (QED) is 0.489. The molecular weight excluding hydrogens is 397 g/mol. The molecule has 3 rings (SSSR count). The molecule has 150 valence electrons. The van der Waals surface area contributed by atoms with E-state index >= 15 is 0 Å². The van der Waals surface area contributed by atoms with Gasteiger partial charge in [0, 0.05) is 35.8 Å². The molecule has 1 heterocycles. The molecule has 0 atom stereocenters. The molecule has 0 fully saturated rings. The Hall–Kier alpha value is -2.54. The van der Waals surface area contributed by atoms with Gasteiger partial charge in [0.25, 0.3) is 5.91 Å². The Morgan fingerprint density at radius 3 is 2.36 bits per heavy atom. The van der Waals surface area contributed by atoms with E-state index in [1.165, 1.54) is 5.56 Å². The van der Waals surface area contributed by atoms with Gasteiger partial charge in [0.15, 0.2) is 5.96 Å². The third-order valence-electron chi connectivity index (χ3n) is 4.12. The summed E-state index contributed by atoms with van der Waals surface area (Å²) in [5, 5.41) is 1.03. The number of benzene rings is 2. The molecule has 0 spiro atoms. The van der Waals surface area contributed by atoms with Crippen molar-refractivity contribution in [3.8, 4) is 0 Å². The molecule has 28 heavy (non-hydrogen) atoms. The Balaban J connectivity index is 0.00000196. The number of rotatable bonds is 5. The minimum absolute atomic E-state index is 0. The van der Waals surface area contributed by atoms with Crippen LogP contribution in [0.2, 0.25) is 0 Å². The molecule has 0 aliphatic carbocycles. The fourth-order valence-electron chi connectivity index (χ4n) is 3.06. The van der Waals surface area contributed by atoms with Crippen LogP contribution in [-0.2, 0) is 13.1 Å². The van der Waals surface area contributed by atoms with Crippen LogP contribution in [0, 0.1) is 0 Å². The number of amides is 1. The maximum Gasteiger partial charge on any atom is 0.280 e. The molecular formula is C20H25Cl2N5O. The van der Waals surface area contributed by atoms with E-state index in [0.717, 1.165) is 29.6 Å². The fraction of sp³-hybridized carbons (Fsp3) is 0.200. The maximum absolute atomic E-state index is 12.2. The minimum atomic E-state index is -0.432. The standard InChI is InChI=1S/C20H23N5O.2ClH/c1-24(2)12-16-13-25(11-14-6-4-3-5-7-14)18-9-8-15(10-17(16)18)19(26)23-20(21)22;;/h3-10,13H,11-12H2,1-2H3,(H4,21,22,23,26);2*1H. The van der Waals surface area contributed by atoms with Gasteiger partial charge < -0.3 is 20.9 Å². The van der Waals surface area contributed by atoms with Gasteiger partial charge in [-0.15, -0.1) is 24.8 Å². The van der Waals surface area contributed by atoms with Gasteiger partial charge in [-0.2, -0.15) is 4.99 Å². The zero-order valence-corrected chi connectivity index (χ0v) is 17.5. The predicted octanol–water partition coefficient (Wildman–Crippen LogP) is 3.01. The lowest BCUT2D eigenvalue weighted by atomic mass is 10.1. The molecule has 4 N–H and O–H groups in total. The maximum atomic E-state index is 12.2. The van der Waals surface area contributed by atoms with E-state index in [1.807, 2.05) is 44.4 Å². The van der Waals surface area contributed by atoms with Gasteiger partial charge in [0.2, 0.25) is 0 Å². The number of carbonyl (C=O) groups is 1. The van der Waals surface area contributed by atoms with Crippen molar-refractivity contribution in [2.45, 2.75) is 13.1 Å². The first-order chi connectivity index (χ1) is 12.4. The Kier molecular flexibility index (Phi) is 8.50. The van der Waals surface area contributed by atoms with Gasteiger partial charge in [-0.3, -0.25) is 4.79 Å². The number of hydrogen-bond acceptors (Lipinski definition) is 2. The highest BCUT2D eigenvalue weighted by Crippen LogP contribution is 2.25. The predicted molar refractivity (Wildman–Crippen MR) is 120 cm³/mol. The minimum Gasteiger partial charge on any atom is -0.370 e. The number of fused-ring (bicyclic) bond motifs is 1. The SMILES string of the molecule is CN(C)Cc1cn(Cc2ccccc2)c2ccc(C(=O)N=C(N)N)cc12.Cl.Cl. The van der Waals surface area contributed by atoms with Gasteiger partial charge >= 0.3 is 0 Å². The summed E-state index contributed by atoms with van der Waals surface area (Å²) in [5.41, 5.74) is 14.6. The van der Waals surface area contributed by atoms with Gasteiger partial charge in [-0.25, -0.2) is 0 Å². The number of aliphatic imine (C=N–C) groups is 1. The van der Waals surface area contributed by atoms with Crippen molar-refractivity contribution in [3.63, 3.8) is 0 Å². The molecule has 0 bridgehead atoms. The lowest BCUT2D eigenvalue weighted by molar-refractivity contribution is 0.100. The van der Waals surface area contributed by atoms with E-state index in [1.54, 1.807) is 6.07 Å². The van der Waals surface area contributed by atoms with E-state index in [4.69, 9.17) is 11.5 Å². The summed E-state index contributed by atoms with van der Waals surface area (Å²) in [6.45, 7) is 1.55. The molecule has 8 heteroatoms. The van der Waals surface area contributed by atoms with E-state index in [-0.39, 0.29) is 30.8 Å². The number of hydrogen-bond donors (Lipinski definition) is 2. The third-order valence-corrected chi connectivity index (χ3v) is 4.12. The molecule has 3 aromatic rings. The lowest BCUT2D eigenvalue weighted by Crippen LogP contribution is -2.24. The van der Waals surface area contributed by atoms with Crippen molar-refractivity contribution < 1.29 is 4.79 Å². The van der Waals surface area contributed by atoms with Crippen molar-refractivity contribution in [3.05, 3.63) is 71.4 Å². The molecule has 0 saturated carbocycles. The molecule has 0 saturated heterocycles. The summed E-state index contributed by atoms with van der Waals surface area (Å²) >= 11 is 0. The number of nitrogens with two attached hydrogens (primary N) is 2. The molecule has 0 aliphatic heterocycles. The number of carbonyl (C=O) groups excluding carboxylic acids is 1. The van der Waals surface area contributed by atoms with Crippen LogP contribution in [0.1, 0.15) is 21.5 Å². The van der Waals surface area contributed by atoms with Crippen molar-refractivity contribution in [1.29, 1.82) is 0 Å². The summed E-state index contributed by atoms with van der Waals surface area (Å²) in [6, 6.07) is 15.9.